The average Bonchev–Trinajstić information content (AvgIpc) is 2.78. The summed E-state index contributed by atoms with van der Waals surface area (Å²) >= 11 is 6.29. The SMILES string of the molecule is CCOc1ncc(-c2cccc(C(=O)O)c2)cc1CNC(=O)c1ccc(OC(C)C)cc1Cl. The lowest BCUT2D eigenvalue weighted by Crippen LogP contribution is -2.23. The highest BCUT2D eigenvalue weighted by molar-refractivity contribution is 6.34. The highest BCUT2D eigenvalue weighted by Crippen LogP contribution is 2.26. The van der Waals surface area contributed by atoms with Crippen molar-refractivity contribution in [1.82, 2.24) is 10.3 Å². The van der Waals surface area contributed by atoms with E-state index in [0.717, 1.165) is 0 Å². The maximum atomic E-state index is 12.8. The Labute approximate surface area is 197 Å². The molecule has 0 fully saturated rings. The van der Waals surface area contributed by atoms with Gasteiger partial charge in [-0.05, 0) is 62.7 Å². The van der Waals surface area contributed by atoms with Crippen LogP contribution < -0.4 is 14.8 Å². The Morgan fingerprint density at radius 2 is 1.91 bits per heavy atom. The molecule has 0 bridgehead atoms. The highest BCUT2D eigenvalue weighted by Gasteiger charge is 2.15. The molecule has 0 spiro atoms. The highest BCUT2D eigenvalue weighted by atomic mass is 35.5. The van der Waals surface area contributed by atoms with Gasteiger partial charge in [-0.25, -0.2) is 9.78 Å². The van der Waals surface area contributed by atoms with Crippen LogP contribution in [0.2, 0.25) is 5.02 Å². The number of hydrogen-bond donors (Lipinski definition) is 2. The van der Waals surface area contributed by atoms with E-state index in [4.69, 9.17) is 21.1 Å². The lowest BCUT2D eigenvalue weighted by Gasteiger charge is -2.14. The molecule has 8 heteroatoms. The third-order valence-electron chi connectivity index (χ3n) is 4.65. The Morgan fingerprint density at radius 1 is 1.12 bits per heavy atom. The van der Waals surface area contributed by atoms with Crippen molar-refractivity contribution in [1.29, 1.82) is 0 Å². The molecule has 0 aliphatic carbocycles. The predicted molar refractivity (Wildman–Crippen MR) is 126 cm³/mol. The van der Waals surface area contributed by atoms with Crippen LogP contribution in [0.4, 0.5) is 0 Å². The first-order valence-electron chi connectivity index (χ1n) is 10.5. The minimum atomic E-state index is -1.01. The third kappa shape index (κ3) is 6.23. The van der Waals surface area contributed by atoms with Gasteiger partial charge < -0.3 is 19.9 Å². The molecule has 0 saturated carbocycles. The largest absolute Gasteiger partial charge is 0.491 e. The van der Waals surface area contributed by atoms with Crippen molar-refractivity contribution in [2.24, 2.45) is 0 Å². The van der Waals surface area contributed by atoms with Crippen LogP contribution in [-0.2, 0) is 6.54 Å². The minimum absolute atomic E-state index is 0.00583. The number of amides is 1. The summed E-state index contributed by atoms with van der Waals surface area (Å²) in [6, 6.07) is 13.3. The van der Waals surface area contributed by atoms with Gasteiger partial charge in [0.05, 0.1) is 28.9 Å². The van der Waals surface area contributed by atoms with Gasteiger partial charge in [0.1, 0.15) is 5.75 Å². The van der Waals surface area contributed by atoms with Gasteiger partial charge in [-0.3, -0.25) is 4.79 Å². The van der Waals surface area contributed by atoms with Crippen molar-refractivity contribution in [3.05, 3.63) is 76.4 Å². The summed E-state index contributed by atoms with van der Waals surface area (Å²) in [6.45, 7) is 6.21. The Bertz CT molecular complexity index is 1160. The van der Waals surface area contributed by atoms with Crippen molar-refractivity contribution in [2.45, 2.75) is 33.4 Å². The van der Waals surface area contributed by atoms with E-state index in [-0.39, 0.29) is 29.1 Å². The second-order valence-corrected chi connectivity index (χ2v) is 7.91. The van der Waals surface area contributed by atoms with E-state index in [1.165, 1.54) is 6.07 Å². The summed E-state index contributed by atoms with van der Waals surface area (Å²) in [6.07, 6.45) is 1.61. The predicted octanol–water partition coefficient (Wildman–Crippen LogP) is 5.22. The lowest BCUT2D eigenvalue weighted by atomic mass is 10.0. The molecule has 1 heterocycles. The summed E-state index contributed by atoms with van der Waals surface area (Å²) in [5.74, 6) is -0.380. The van der Waals surface area contributed by atoms with Crippen LogP contribution in [0, 0.1) is 0 Å². The van der Waals surface area contributed by atoms with Gasteiger partial charge in [0, 0.05) is 23.9 Å². The zero-order chi connectivity index (χ0) is 24.0. The number of pyridine rings is 1. The number of carbonyl (C=O) groups excluding carboxylic acids is 1. The Morgan fingerprint density at radius 3 is 2.58 bits per heavy atom. The van der Waals surface area contributed by atoms with Crippen LogP contribution >= 0.6 is 11.6 Å². The molecule has 0 atom stereocenters. The van der Waals surface area contributed by atoms with Crippen LogP contribution in [0.1, 0.15) is 47.1 Å². The monoisotopic (exact) mass is 468 g/mol. The van der Waals surface area contributed by atoms with Gasteiger partial charge in [-0.15, -0.1) is 0 Å². The van der Waals surface area contributed by atoms with Gasteiger partial charge in [0.25, 0.3) is 5.91 Å². The fourth-order valence-electron chi connectivity index (χ4n) is 3.18. The summed E-state index contributed by atoms with van der Waals surface area (Å²) in [4.78, 5) is 28.4. The van der Waals surface area contributed by atoms with Crippen molar-refractivity contribution in [3.63, 3.8) is 0 Å². The quantitative estimate of drug-likeness (QED) is 0.447. The summed E-state index contributed by atoms with van der Waals surface area (Å²) in [7, 11) is 0. The molecule has 33 heavy (non-hydrogen) atoms. The molecule has 2 aromatic carbocycles. The number of hydrogen-bond acceptors (Lipinski definition) is 5. The van der Waals surface area contributed by atoms with Gasteiger partial charge in [-0.2, -0.15) is 0 Å². The molecule has 3 rings (SSSR count). The van der Waals surface area contributed by atoms with Gasteiger partial charge in [0.2, 0.25) is 5.88 Å². The molecule has 3 aromatic rings. The van der Waals surface area contributed by atoms with Crippen molar-refractivity contribution in [2.75, 3.05) is 6.61 Å². The van der Waals surface area contributed by atoms with Crippen LogP contribution in [0.5, 0.6) is 11.6 Å². The molecular formula is C25H25ClN2O5. The zero-order valence-electron chi connectivity index (χ0n) is 18.6. The molecule has 0 unspecified atom stereocenters. The molecule has 7 nitrogen and oxygen atoms in total. The zero-order valence-corrected chi connectivity index (χ0v) is 19.3. The Balaban J connectivity index is 1.82. The molecule has 0 saturated heterocycles. The van der Waals surface area contributed by atoms with E-state index in [9.17, 15) is 14.7 Å². The van der Waals surface area contributed by atoms with Crippen LogP contribution in [0.25, 0.3) is 11.1 Å². The van der Waals surface area contributed by atoms with E-state index in [1.807, 2.05) is 26.8 Å². The van der Waals surface area contributed by atoms with Crippen LogP contribution in [0.3, 0.4) is 0 Å². The molecule has 172 valence electrons. The average molecular weight is 469 g/mol. The number of carboxylic acid groups (broad SMARTS) is 1. The first-order valence-corrected chi connectivity index (χ1v) is 10.9. The summed E-state index contributed by atoms with van der Waals surface area (Å²) < 4.78 is 11.2. The number of nitrogens with zero attached hydrogens (tertiary/aromatic N) is 1. The molecule has 0 aliphatic rings. The van der Waals surface area contributed by atoms with Crippen molar-refractivity contribution >= 4 is 23.5 Å². The second kappa shape index (κ2) is 10.8. The number of benzene rings is 2. The molecule has 2 N–H and O–H groups in total. The normalized spacial score (nSPS) is 10.7. The number of ether oxygens (including phenoxy) is 2. The summed E-state index contributed by atoms with van der Waals surface area (Å²) in [5.41, 5.74) is 2.56. The van der Waals surface area contributed by atoms with Crippen LogP contribution in [-0.4, -0.2) is 34.7 Å². The smallest absolute Gasteiger partial charge is 0.335 e. The first kappa shape index (κ1) is 24.1. The molecular weight excluding hydrogens is 444 g/mol. The van der Waals surface area contributed by atoms with E-state index < -0.39 is 5.97 Å². The lowest BCUT2D eigenvalue weighted by molar-refractivity contribution is 0.0696. The summed E-state index contributed by atoms with van der Waals surface area (Å²) in [5, 5.41) is 12.4. The number of halogens is 1. The van der Waals surface area contributed by atoms with E-state index >= 15 is 0 Å². The van der Waals surface area contributed by atoms with Gasteiger partial charge in [-0.1, -0.05) is 23.7 Å². The fourth-order valence-corrected chi connectivity index (χ4v) is 3.43. The van der Waals surface area contributed by atoms with Crippen molar-refractivity contribution in [3.8, 4) is 22.8 Å². The molecule has 0 aliphatic heterocycles. The van der Waals surface area contributed by atoms with Crippen LogP contribution in [0.15, 0.2) is 54.7 Å². The second-order valence-electron chi connectivity index (χ2n) is 7.50. The molecule has 1 amide bonds. The van der Waals surface area contributed by atoms with Crippen molar-refractivity contribution < 1.29 is 24.2 Å². The maximum Gasteiger partial charge on any atom is 0.335 e. The number of carboxylic acids is 1. The van der Waals surface area contributed by atoms with Gasteiger partial charge in [0.15, 0.2) is 0 Å². The molecule has 0 radical (unpaired) electrons. The van der Waals surface area contributed by atoms with E-state index in [1.54, 1.807) is 42.6 Å². The van der Waals surface area contributed by atoms with Gasteiger partial charge >= 0.3 is 5.97 Å². The first-order chi connectivity index (χ1) is 15.8. The third-order valence-corrected chi connectivity index (χ3v) is 4.96. The Hall–Kier alpha value is -3.58. The number of nitrogens with one attached hydrogen (secondary N) is 1. The minimum Gasteiger partial charge on any atom is -0.491 e. The fraction of sp³-hybridized carbons (Fsp3) is 0.240. The Kier molecular flexibility index (Phi) is 7.90. The maximum absolute atomic E-state index is 12.8. The number of carbonyl (C=O) groups is 2. The topological polar surface area (TPSA) is 97.8 Å². The number of rotatable bonds is 9. The number of aromatic carboxylic acids is 1. The number of aromatic nitrogens is 1. The van der Waals surface area contributed by atoms with E-state index in [2.05, 4.69) is 10.3 Å². The van der Waals surface area contributed by atoms with E-state index in [0.29, 0.717) is 40.5 Å². The standard InChI is InChI=1S/C25H25ClN2O5/c1-4-32-24-19(11-18(13-28-24)16-6-5-7-17(10-16)25(30)31)14-27-23(29)21-9-8-20(12-22(21)26)33-15(2)3/h5-13,15H,4,14H2,1-3H3,(H,27,29)(H,30,31). The molecule has 1 aromatic heterocycles.